The van der Waals surface area contributed by atoms with Crippen molar-refractivity contribution in [2.24, 2.45) is 0 Å². The predicted octanol–water partition coefficient (Wildman–Crippen LogP) is 4.60. The lowest BCUT2D eigenvalue weighted by atomic mass is 10.2. The van der Waals surface area contributed by atoms with Crippen LogP contribution in [0.3, 0.4) is 0 Å². The third-order valence-electron chi connectivity index (χ3n) is 3.39. The van der Waals surface area contributed by atoms with Gasteiger partial charge in [0.1, 0.15) is 0 Å². The van der Waals surface area contributed by atoms with Crippen molar-refractivity contribution in [3.63, 3.8) is 0 Å². The van der Waals surface area contributed by atoms with Crippen molar-refractivity contribution in [3.05, 3.63) is 45.4 Å². The molecule has 0 unspecified atom stereocenters. The van der Waals surface area contributed by atoms with Gasteiger partial charge < -0.3 is 18.7 Å². The van der Waals surface area contributed by atoms with E-state index in [9.17, 15) is 4.79 Å². The van der Waals surface area contributed by atoms with Crippen LogP contribution < -0.4 is 9.47 Å². The number of hydrogen-bond donors (Lipinski definition) is 0. The van der Waals surface area contributed by atoms with Crippen LogP contribution in [0.4, 0.5) is 0 Å². The summed E-state index contributed by atoms with van der Waals surface area (Å²) in [7, 11) is 1.47. The molecule has 0 aliphatic rings. The summed E-state index contributed by atoms with van der Waals surface area (Å²) >= 11 is 7.75. The first kappa shape index (κ1) is 19.2. The molecule has 2 aromatic heterocycles. The van der Waals surface area contributed by atoms with Gasteiger partial charge in [-0.1, -0.05) is 16.8 Å². The number of thiophene rings is 1. The molecule has 0 bridgehead atoms. The Labute approximate surface area is 164 Å². The third kappa shape index (κ3) is 4.58. The van der Waals surface area contributed by atoms with Crippen LogP contribution >= 0.6 is 22.9 Å². The summed E-state index contributed by atoms with van der Waals surface area (Å²) < 4.78 is 21.2. The normalized spacial score (nSPS) is 10.9. The molecule has 0 aliphatic carbocycles. The summed E-state index contributed by atoms with van der Waals surface area (Å²) in [5.74, 6) is 0.773. The molecular formula is C18H17ClN2O5S. The maximum Gasteiger partial charge on any atom is 0.338 e. The van der Waals surface area contributed by atoms with E-state index >= 15 is 0 Å². The Bertz CT molecular complexity index is 924. The van der Waals surface area contributed by atoms with E-state index in [0.29, 0.717) is 17.3 Å². The van der Waals surface area contributed by atoms with E-state index in [1.165, 1.54) is 30.6 Å². The maximum absolute atomic E-state index is 12.3. The molecule has 1 aromatic carbocycles. The lowest BCUT2D eigenvalue weighted by Crippen LogP contribution is -2.09. The van der Waals surface area contributed by atoms with E-state index in [2.05, 4.69) is 10.1 Å². The Morgan fingerprint density at radius 2 is 2.19 bits per heavy atom. The highest BCUT2D eigenvalue weighted by atomic mass is 35.5. The number of esters is 1. The maximum atomic E-state index is 12.3. The number of halogens is 1. The molecule has 9 heteroatoms. The number of nitrogens with zero attached hydrogens (tertiary/aromatic N) is 2. The van der Waals surface area contributed by atoms with E-state index in [4.69, 9.17) is 30.3 Å². The first-order valence-electron chi connectivity index (χ1n) is 8.04. The number of carbonyl (C=O) groups excluding carboxylic acids is 1. The molecule has 0 saturated heterocycles. The number of rotatable bonds is 7. The van der Waals surface area contributed by atoms with Crippen molar-refractivity contribution in [3.8, 4) is 22.9 Å². The first-order chi connectivity index (χ1) is 13.0. The van der Waals surface area contributed by atoms with E-state index in [1.807, 2.05) is 30.7 Å². The molecule has 3 aromatic rings. The molecular weight excluding hydrogens is 392 g/mol. The van der Waals surface area contributed by atoms with Crippen LogP contribution in [-0.2, 0) is 11.3 Å². The molecule has 2 heterocycles. The number of benzene rings is 1. The zero-order valence-corrected chi connectivity index (χ0v) is 16.5. The monoisotopic (exact) mass is 408 g/mol. The lowest BCUT2D eigenvalue weighted by molar-refractivity contribution is 0.0429. The van der Waals surface area contributed by atoms with Gasteiger partial charge in [0, 0.05) is 10.9 Å². The molecule has 0 spiro atoms. The first-order valence-corrected chi connectivity index (χ1v) is 9.36. The number of ether oxygens (including phenoxy) is 3. The van der Waals surface area contributed by atoms with Crippen molar-refractivity contribution in [2.75, 3.05) is 7.11 Å². The minimum Gasteiger partial charge on any atom is -0.493 e. The van der Waals surface area contributed by atoms with Crippen molar-refractivity contribution in [1.29, 1.82) is 0 Å². The van der Waals surface area contributed by atoms with Gasteiger partial charge in [-0.25, -0.2) is 4.79 Å². The Balaban J connectivity index is 1.70. The van der Waals surface area contributed by atoms with Gasteiger partial charge in [-0.15, -0.1) is 0 Å². The largest absolute Gasteiger partial charge is 0.493 e. The van der Waals surface area contributed by atoms with Crippen LogP contribution in [-0.4, -0.2) is 29.3 Å². The Kier molecular flexibility index (Phi) is 5.98. The average Bonchev–Trinajstić information content (AvgIpc) is 3.32. The Morgan fingerprint density at radius 1 is 1.37 bits per heavy atom. The van der Waals surface area contributed by atoms with Crippen LogP contribution in [0.25, 0.3) is 11.4 Å². The number of methoxy groups -OCH3 is 1. The molecule has 0 fully saturated rings. The molecule has 0 N–H and O–H groups in total. The number of hydrogen-bond acceptors (Lipinski definition) is 8. The van der Waals surface area contributed by atoms with Gasteiger partial charge in [-0.3, -0.25) is 0 Å². The summed E-state index contributed by atoms with van der Waals surface area (Å²) in [6, 6.07) is 4.85. The average molecular weight is 409 g/mol. The molecule has 3 rings (SSSR count). The van der Waals surface area contributed by atoms with Gasteiger partial charge in [0.15, 0.2) is 18.1 Å². The zero-order chi connectivity index (χ0) is 19.4. The van der Waals surface area contributed by atoms with Crippen molar-refractivity contribution in [2.45, 2.75) is 26.6 Å². The summed E-state index contributed by atoms with van der Waals surface area (Å²) in [4.78, 5) is 16.5. The molecule has 142 valence electrons. The predicted molar refractivity (Wildman–Crippen MR) is 100 cm³/mol. The van der Waals surface area contributed by atoms with Gasteiger partial charge in [-0.05, 0) is 37.4 Å². The minimum absolute atomic E-state index is 0.0934. The Morgan fingerprint density at radius 3 is 2.85 bits per heavy atom. The van der Waals surface area contributed by atoms with Crippen LogP contribution in [0.1, 0.15) is 30.1 Å². The SMILES string of the molecule is COc1cc(C(=O)OCc2nc(-c3ccsc3)no2)cc(Cl)c1OC(C)C. The van der Waals surface area contributed by atoms with Crippen molar-refractivity contribution < 1.29 is 23.5 Å². The highest BCUT2D eigenvalue weighted by molar-refractivity contribution is 7.08. The smallest absolute Gasteiger partial charge is 0.338 e. The van der Waals surface area contributed by atoms with Crippen LogP contribution in [0, 0.1) is 0 Å². The van der Waals surface area contributed by atoms with E-state index in [-0.39, 0.29) is 29.2 Å². The molecule has 0 radical (unpaired) electrons. The zero-order valence-electron chi connectivity index (χ0n) is 14.9. The summed E-state index contributed by atoms with van der Waals surface area (Å²) in [6.45, 7) is 3.58. The van der Waals surface area contributed by atoms with Crippen LogP contribution in [0.2, 0.25) is 5.02 Å². The Hall–Kier alpha value is -2.58. The topological polar surface area (TPSA) is 83.7 Å². The molecule has 0 aliphatic heterocycles. The fourth-order valence-corrected chi connectivity index (χ4v) is 3.11. The summed E-state index contributed by atoms with van der Waals surface area (Å²) in [6.07, 6.45) is -0.0934. The van der Waals surface area contributed by atoms with E-state index < -0.39 is 5.97 Å². The van der Waals surface area contributed by atoms with Crippen molar-refractivity contribution in [1.82, 2.24) is 10.1 Å². The van der Waals surface area contributed by atoms with E-state index in [1.54, 1.807) is 0 Å². The van der Waals surface area contributed by atoms with Gasteiger partial charge in [0.2, 0.25) is 5.82 Å². The highest BCUT2D eigenvalue weighted by Crippen LogP contribution is 2.37. The standard InChI is InChI=1S/C18H17ClN2O5S/c1-10(2)25-16-13(19)6-12(7-14(16)23-3)18(22)24-8-15-20-17(21-26-15)11-4-5-27-9-11/h4-7,9-10H,8H2,1-3H3. The molecule has 27 heavy (non-hydrogen) atoms. The second-order valence-corrected chi connectivity index (χ2v) is 6.94. The highest BCUT2D eigenvalue weighted by Gasteiger charge is 2.19. The van der Waals surface area contributed by atoms with Crippen molar-refractivity contribution >= 4 is 28.9 Å². The minimum atomic E-state index is -0.596. The van der Waals surface area contributed by atoms with Gasteiger partial charge in [-0.2, -0.15) is 16.3 Å². The molecule has 0 atom stereocenters. The van der Waals surface area contributed by atoms with Crippen LogP contribution in [0.5, 0.6) is 11.5 Å². The molecule has 0 saturated carbocycles. The van der Waals surface area contributed by atoms with Gasteiger partial charge in [0.05, 0.1) is 23.8 Å². The quantitative estimate of drug-likeness (QED) is 0.528. The number of aromatic nitrogens is 2. The van der Waals surface area contributed by atoms with Gasteiger partial charge >= 0.3 is 5.97 Å². The van der Waals surface area contributed by atoms with E-state index in [0.717, 1.165) is 5.56 Å². The molecule has 7 nitrogen and oxygen atoms in total. The summed E-state index contributed by atoms with van der Waals surface area (Å²) in [5.41, 5.74) is 1.07. The third-order valence-corrected chi connectivity index (χ3v) is 4.36. The second-order valence-electron chi connectivity index (χ2n) is 5.76. The van der Waals surface area contributed by atoms with Crippen LogP contribution in [0.15, 0.2) is 33.5 Å². The molecule has 0 amide bonds. The number of carbonyl (C=O) groups is 1. The fraction of sp³-hybridized carbons (Fsp3) is 0.278. The summed E-state index contributed by atoms with van der Waals surface area (Å²) in [5, 5.41) is 7.93. The van der Waals surface area contributed by atoms with Gasteiger partial charge in [0.25, 0.3) is 5.89 Å². The fourth-order valence-electron chi connectivity index (χ4n) is 2.22. The lowest BCUT2D eigenvalue weighted by Gasteiger charge is -2.16. The second kappa shape index (κ2) is 8.41.